The van der Waals surface area contributed by atoms with Crippen LogP contribution >= 0.6 is 0 Å². The number of allylic oxidation sites excluding steroid dienone is 4. The number of aliphatic hydroxyl groups excluding tert-OH is 1. The van der Waals surface area contributed by atoms with E-state index in [1.165, 1.54) is 18.4 Å². The summed E-state index contributed by atoms with van der Waals surface area (Å²) < 4.78 is 29.1. The number of alkyl halides is 2. The van der Waals surface area contributed by atoms with E-state index in [-0.39, 0.29) is 17.4 Å². The van der Waals surface area contributed by atoms with E-state index < -0.39 is 17.6 Å². The Hall–Kier alpha value is -1.00. The highest BCUT2D eigenvalue weighted by atomic mass is 19.3. The van der Waals surface area contributed by atoms with Crippen LogP contribution in [0.5, 0.6) is 0 Å². The van der Waals surface area contributed by atoms with Gasteiger partial charge in [0.2, 0.25) is 0 Å². The molecule has 0 saturated heterocycles. The molecule has 0 radical (unpaired) electrons. The summed E-state index contributed by atoms with van der Waals surface area (Å²) in [4.78, 5) is 0. The van der Waals surface area contributed by atoms with E-state index in [2.05, 4.69) is 20.4 Å². The summed E-state index contributed by atoms with van der Waals surface area (Å²) >= 11 is 0. The highest BCUT2D eigenvalue weighted by Crippen LogP contribution is 2.60. The quantitative estimate of drug-likeness (QED) is 0.471. The molecule has 3 fully saturated rings. The summed E-state index contributed by atoms with van der Waals surface area (Å²) in [5.41, 5.74) is 1.30. The van der Waals surface area contributed by atoms with Gasteiger partial charge in [0, 0.05) is 5.57 Å². The summed E-state index contributed by atoms with van der Waals surface area (Å²) in [5, 5.41) is 19.8. The predicted octanol–water partition coefficient (Wildman–Crippen LogP) is 6.98. The van der Waals surface area contributed by atoms with Crippen molar-refractivity contribution in [2.24, 2.45) is 23.2 Å². The lowest BCUT2D eigenvalue weighted by Crippen LogP contribution is -2.39. The summed E-state index contributed by atoms with van der Waals surface area (Å²) in [6, 6.07) is 0. The molecule has 0 amide bonds. The molecule has 5 atom stereocenters. The van der Waals surface area contributed by atoms with Gasteiger partial charge in [-0.05, 0) is 94.0 Å². The maximum Gasteiger partial charge on any atom is 0.298 e. The van der Waals surface area contributed by atoms with Crippen LogP contribution in [0, 0.1) is 23.2 Å². The van der Waals surface area contributed by atoms with Gasteiger partial charge < -0.3 is 10.2 Å². The molecule has 3 rings (SSSR count). The molecular weight excluding hydrogens is 394 g/mol. The van der Waals surface area contributed by atoms with Crippen LogP contribution in [0.25, 0.3) is 0 Å². The second kappa shape index (κ2) is 9.09. The Labute approximate surface area is 187 Å². The largest absolute Gasteiger partial charge is 0.390 e. The van der Waals surface area contributed by atoms with Crippen molar-refractivity contribution in [2.75, 3.05) is 0 Å². The number of fused-ring (bicyclic) bond motifs is 1. The fourth-order valence-electron chi connectivity index (χ4n) is 6.73. The molecule has 3 saturated carbocycles. The van der Waals surface area contributed by atoms with Crippen molar-refractivity contribution in [2.45, 2.75) is 110 Å². The van der Waals surface area contributed by atoms with Crippen LogP contribution in [0.4, 0.5) is 8.78 Å². The van der Waals surface area contributed by atoms with Gasteiger partial charge in [-0.25, -0.2) is 0 Å². The minimum absolute atomic E-state index is 0.0769. The molecule has 0 aromatic carbocycles. The molecule has 0 bridgehead atoms. The molecular formula is C27H42F2O2. The van der Waals surface area contributed by atoms with E-state index in [4.69, 9.17) is 0 Å². The Bertz CT molecular complexity index is 730. The van der Waals surface area contributed by atoms with Crippen LogP contribution in [-0.2, 0) is 0 Å². The summed E-state index contributed by atoms with van der Waals surface area (Å²) in [5.74, 6) is -1.51. The molecule has 4 heteroatoms. The van der Waals surface area contributed by atoms with Gasteiger partial charge in [0.25, 0.3) is 5.92 Å². The molecule has 3 aliphatic carbocycles. The van der Waals surface area contributed by atoms with Crippen molar-refractivity contribution < 1.29 is 19.0 Å². The Balaban J connectivity index is 1.75. The molecule has 2 nitrogen and oxygen atoms in total. The monoisotopic (exact) mass is 436 g/mol. The first kappa shape index (κ1) is 24.6. The Morgan fingerprint density at radius 1 is 1.19 bits per heavy atom. The molecule has 2 unspecified atom stereocenters. The third-order valence-electron chi connectivity index (χ3n) is 8.52. The highest BCUT2D eigenvalue weighted by Gasteiger charge is 2.51. The number of rotatable bonds is 6. The van der Waals surface area contributed by atoms with E-state index in [9.17, 15) is 19.0 Å². The molecule has 0 aliphatic heterocycles. The zero-order chi connectivity index (χ0) is 23.0. The topological polar surface area (TPSA) is 40.5 Å². The van der Waals surface area contributed by atoms with Gasteiger partial charge in [0.05, 0.1) is 5.60 Å². The van der Waals surface area contributed by atoms with Crippen LogP contribution in [0.1, 0.15) is 91.9 Å². The average molecular weight is 437 g/mol. The number of hydrogen-bond acceptors (Lipinski definition) is 2. The van der Waals surface area contributed by atoms with E-state index in [1.807, 2.05) is 19.9 Å². The van der Waals surface area contributed by atoms with Gasteiger partial charge in [-0.15, -0.1) is 0 Å². The first-order valence-electron chi connectivity index (χ1n) is 12.2. The zero-order valence-corrected chi connectivity index (χ0v) is 19.9. The first-order valence-corrected chi connectivity index (χ1v) is 12.2. The highest BCUT2D eigenvalue weighted by molar-refractivity contribution is 5.41. The van der Waals surface area contributed by atoms with Crippen LogP contribution < -0.4 is 0 Å². The van der Waals surface area contributed by atoms with Crippen LogP contribution in [0.2, 0.25) is 0 Å². The second-order valence-electron chi connectivity index (χ2n) is 11.4. The lowest BCUT2D eigenvalue weighted by molar-refractivity contribution is -0.0868. The lowest BCUT2D eigenvalue weighted by Gasteiger charge is -2.44. The zero-order valence-electron chi connectivity index (χ0n) is 19.9. The Morgan fingerprint density at radius 3 is 2.58 bits per heavy atom. The maximum atomic E-state index is 14.6. The second-order valence-corrected chi connectivity index (χ2v) is 11.4. The van der Waals surface area contributed by atoms with Gasteiger partial charge in [0.15, 0.2) is 0 Å². The minimum Gasteiger partial charge on any atom is -0.390 e. The van der Waals surface area contributed by atoms with Crippen LogP contribution in [-0.4, -0.2) is 27.8 Å². The maximum absolute atomic E-state index is 14.6. The molecule has 0 aromatic rings. The molecule has 0 aromatic heterocycles. The predicted molar refractivity (Wildman–Crippen MR) is 123 cm³/mol. The van der Waals surface area contributed by atoms with Gasteiger partial charge in [-0.2, -0.15) is 8.78 Å². The summed E-state index contributed by atoms with van der Waals surface area (Å²) in [6.07, 6.45) is 11.0. The van der Waals surface area contributed by atoms with Crippen LogP contribution in [0.3, 0.4) is 0 Å². The Morgan fingerprint density at radius 2 is 1.90 bits per heavy atom. The van der Waals surface area contributed by atoms with Crippen molar-refractivity contribution in [1.82, 2.24) is 0 Å². The summed E-state index contributed by atoms with van der Waals surface area (Å²) in [6.45, 7) is 12.4. The lowest BCUT2D eigenvalue weighted by atomic mass is 9.60. The number of hydrogen-bond donors (Lipinski definition) is 2. The fraction of sp³-hybridized carbons (Fsp3) is 0.778. The average Bonchev–Trinajstić information content (AvgIpc) is 3.01. The summed E-state index contributed by atoms with van der Waals surface area (Å²) in [7, 11) is 0. The van der Waals surface area contributed by atoms with Gasteiger partial charge in [0.1, 0.15) is 6.10 Å². The standard InChI is InChI=1S/C27H42F2O2/c1-18(8-6-16-25(3,4)31)21-13-14-23-20(9-7-17-26(21,23)5)11-12-22-19(2)10-15-24(30)27(22,28)29/h11-12,18,21,23-24,30-31H,2,6-10,13-17H2,1,3-5H3/b20-11+,22-12+/t18-,21?,23?,24+,26-/m1/s1. The molecule has 31 heavy (non-hydrogen) atoms. The van der Waals surface area contributed by atoms with E-state index in [1.54, 1.807) is 6.08 Å². The molecule has 0 spiro atoms. The molecule has 176 valence electrons. The number of halogens is 2. The van der Waals surface area contributed by atoms with E-state index in [0.717, 1.165) is 38.5 Å². The van der Waals surface area contributed by atoms with Gasteiger partial charge >= 0.3 is 0 Å². The molecule has 0 heterocycles. The van der Waals surface area contributed by atoms with Crippen LogP contribution in [0.15, 0.2) is 35.5 Å². The normalized spacial score (nSPS) is 37.3. The van der Waals surface area contributed by atoms with Crippen molar-refractivity contribution in [3.63, 3.8) is 0 Å². The van der Waals surface area contributed by atoms with Gasteiger partial charge in [-0.3, -0.25) is 0 Å². The van der Waals surface area contributed by atoms with Crippen molar-refractivity contribution >= 4 is 0 Å². The number of aliphatic hydroxyl groups is 2. The van der Waals surface area contributed by atoms with Crippen molar-refractivity contribution in [1.29, 1.82) is 0 Å². The first-order chi connectivity index (χ1) is 14.4. The third-order valence-corrected chi connectivity index (χ3v) is 8.52. The SMILES string of the molecule is C=C1CC[C@H](O)C(F)(F)/C1=C/C=C1\CCC[C@@]2(C)C1CCC2[C@H](C)CCCC(C)(C)O. The molecule has 2 N–H and O–H groups in total. The van der Waals surface area contributed by atoms with Crippen molar-refractivity contribution in [3.05, 3.63) is 35.5 Å². The van der Waals surface area contributed by atoms with E-state index in [0.29, 0.717) is 29.7 Å². The van der Waals surface area contributed by atoms with Crippen molar-refractivity contribution in [3.8, 4) is 0 Å². The smallest absolute Gasteiger partial charge is 0.298 e. The third kappa shape index (κ3) is 5.16. The minimum atomic E-state index is -3.21. The van der Waals surface area contributed by atoms with Gasteiger partial charge in [-0.1, -0.05) is 51.0 Å². The molecule has 3 aliphatic rings. The fourth-order valence-corrected chi connectivity index (χ4v) is 6.73. The van der Waals surface area contributed by atoms with E-state index >= 15 is 0 Å². The Kier molecular flexibility index (Phi) is 7.23.